The Morgan fingerprint density at radius 2 is 1.83 bits per heavy atom. The molecule has 0 aliphatic carbocycles. The van der Waals surface area contributed by atoms with Crippen molar-refractivity contribution >= 4 is 37.5 Å². The lowest BCUT2D eigenvalue weighted by Crippen LogP contribution is -2.25. The minimum absolute atomic E-state index is 0.0453. The second-order valence-electron chi connectivity index (χ2n) is 5.53. The third-order valence-corrected chi connectivity index (χ3v) is 3.78. The smallest absolute Gasteiger partial charge is 0.184 e. The maximum atomic E-state index is 4.66. The Kier molecular flexibility index (Phi) is 2.52. The fourth-order valence-corrected chi connectivity index (χ4v) is 3.24. The zero-order valence-corrected chi connectivity index (χ0v) is 11.6. The highest BCUT2D eigenvalue weighted by atomic mass is 32.1. The zero-order valence-electron chi connectivity index (χ0n) is 10.8. The van der Waals surface area contributed by atoms with Crippen LogP contribution in [0.25, 0.3) is 21.0 Å². The van der Waals surface area contributed by atoms with E-state index in [0.29, 0.717) is 0 Å². The van der Waals surface area contributed by atoms with Gasteiger partial charge in [-0.25, -0.2) is 4.98 Å². The van der Waals surface area contributed by atoms with Crippen LogP contribution in [0.3, 0.4) is 0 Å². The molecular weight excluding hydrogens is 240 g/mol. The van der Waals surface area contributed by atoms with Crippen molar-refractivity contribution in [3.8, 4) is 0 Å². The Morgan fingerprint density at radius 3 is 2.61 bits per heavy atom. The standard InChI is InChI=1S/C15H16N2S/c1-15(2,3)17-14-16-12-9-8-10-6-4-5-7-11(10)13(12)18-14/h4-9H,1-3H3,(H,16,17). The molecule has 18 heavy (non-hydrogen) atoms. The van der Waals surface area contributed by atoms with Crippen LogP contribution in [0.15, 0.2) is 36.4 Å². The fraction of sp³-hybridized carbons (Fsp3) is 0.267. The number of nitrogens with one attached hydrogen (secondary N) is 1. The number of nitrogens with zero attached hydrogens (tertiary/aromatic N) is 1. The van der Waals surface area contributed by atoms with Gasteiger partial charge in [-0.1, -0.05) is 41.7 Å². The summed E-state index contributed by atoms with van der Waals surface area (Å²) in [7, 11) is 0. The third kappa shape index (κ3) is 2.06. The molecule has 2 aromatic carbocycles. The van der Waals surface area contributed by atoms with Crippen LogP contribution < -0.4 is 5.32 Å². The van der Waals surface area contributed by atoms with E-state index in [0.717, 1.165) is 10.6 Å². The molecule has 0 atom stereocenters. The van der Waals surface area contributed by atoms with E-state index in [1.807, 2.05) is 0 Å². The van der Waals surface area contributed by atoms with Gasteiger partial charge < -0.3 is 5.32 Å². The first kappa shape index (κ1) is 11.5. The summed E-state index contributed by atoms with van der Waals surface area (Å²) in [6, 6.07) is 12.7. The lowest BCUT2D eigenvalue weighted by atomic mass is 10.1. The van der Waals surface area contributed by atoms with Gasteiger partial charge >= 0.3 is 0 Å². The Bertz CT molecular complexity index is 707. The van der Waals surface area contributed by atoms with E-state index in [9.17, 15) is 0 Å². The number of fused-ring (bicyclic) bond motifs is 3. The molecule has 1 N–H and O–H groups in total. The first-order valence-electron chi connectivity index (χ1n) is 6.09. The van der Waals surface area contributed by atoms with Gasteiger partial charge in [0.2, 0.25) is 0 Å². The van der Waals surface area contributed by atoms with Crippen LogP contribution in [0.4, 0.5) is 5.13 Å². The summed E-state index contributed by atoms with van der Waals surface area (Å²) in [6.07, 6.45) is 0. The summed E-state index contributed by atoms with van der Waals surface area (Å²) >= 11 is 1.73. The highest BCUT2D eigenvalue weighted by Gasteiger charge is 2.13. The van der Waals surface area contributed by atoms with Gasteiger partial charge in [0.1, 0.15) is 0 Å². The highest BCUT2D eigenvalue weighted by molar-refractivity contribution is 7.23. The Hall–Kier alpha value is -1.61. The Balaban J connectivity index is 2.20. The molecular formula is C15H16N2S. The van der Waals surface area contributed by atoms with Crippen LogP contribution >= 0.6 is 11.3 Å². The van der Waals surface area contributed by atoms with Gasteiger partial charge in [-0.3, -0.25) is 0 Å². The van der Waals surface area contributed by atoms with Gasteiger partial charge in [0, 0.05) is 10.9 Å². The summed E-state index contributed by atoms with van der Waals surface area (Å²) in [5.41, 5.74) is 1.12. The quantitative estimate of drug-likeness (QED) is 0.685. The number of benzene rings is 2. The van der Waals surface area contributed by atoms with Gasteiger partial charge in [-0.15, -0.1) is 0 Å². The molecule has 92 valence electrons. The molecule has 3 rings (SSSR count). The summed E-state index contributed by atoms with van der Waals surface area (Å²) < 4.78 is 1.26. The average Bonchev–Trinajstić information content (AvgIpc) is 2.69. The van der Waals surface area contributed by atoms with Crippen LogP contribution in [0, 0.1) is 0 Å². The van der Waals surface area contributed by atoms with E-state index in [1.54, 1.807) is 11.3 Å². The van der Waals surface area contributed by atoms with Crippen molar-refractivity contribution in [3.63, 3.8) is 0 Å². The maximum Gasteiger partial charge on any atom is 0.184 e. The maximum absolute atomic E-state index is 4.66. The lowest BCUT2D eigenvalue weighted by Gasteiger charge is -2.19. The first-order chi connectivity index (χ1) is 8.53. The van der Waals surface area contributed by atoms with Crippen molar-refractivity contribution < 1.29 is 0 Å². The second kappa shape index (κ2) is 3.95. The normalized spacial score (nSPS) is 12.2. The Morgan fingerprint density at radius 1 is 1.06 bits per heavy atom. The largest absolute Gasteiger partial charge is 0.357 e. The molecule has 0 saturated heterocycles. The van der Waals surface area contributed by atoms with Crippen molar-refractivity contribution in [2.45, 2.75) is 26.3 Å². The van der Waals surface area contributed by atoms with Gasteiger partial charge in [0.15, 0.2) is 5.13 Å². The molecule has 0 bridgehead atoms. The molecule has 0 spiro atoms. The molecule has 0 unspecified atom stereocenters. The minimum atomic E-state index is 0.0453. The molecule has 3 aromatic rings. The molecule has 1 heterocycles. The predicted molar refractivity (Wildman–Crippen MR) is 80.5 cm³/mol. The number of rotatable bonds is 1. The summed E-state index contributed by atoms with van der Waals surface area (Å²) in [4.78, 5) is 4.66. The molecule has 0 amide bonds. The fourth-order valence-electron chi connectivity index (χ4n) is 2.03. The van der Waals surface area contributed by atoms with Crippen LogP contribution in [0.2, 0.25) is 0 Å². The summed E-state index contributed by atoms with van der Waals surface area (Å²) in [6.45, 7) is 6.45. The molecule has 3 heteroatoms. The highest BCUT2D eigenvalue weighted by Crippen LogP contribution is 2.33. The number of hydrogen-bond donors (Lipinski definition) is 1. The molecule has 0 fully saturated rings. The van der Waals surface area contributed by atoms with Gasteiger partial charge in [-0.05, 0) is 32.2 Å². The molecule has 0 radical (unpaired) electrons. The Labute approximate surface area is 111 Å². The van der Waals surface area contributed by atoms with Crippen molar-refractivity contribution in [1.82, 2.24) is 4.98 Å². The van der Waals surface area contributed by atoms with E-state index in [2.05, 4.69) is 67.5 Å². The number of aromatic nitrogens is 1. The van der Waals surface area contributed by atoms with E-state index in [1.165, 1.54) is 15.5 Å². The van der Waals surface area contributed by atoms with Crippen molar-refractivity contribution in [2.75, 3.05) is 5.32 Å². The zero-order chi connectivity index (χ0) is 12.8. The number of hydrogen-bond acceptors (Lipinski definition) is 3. The summed E-state index contributed by atoms with van der Waals surface area (Å²) in [5, 5.41) is 7.00. The van der Waals surface area contributed by atoms with Gasteiger partial charge in [-0.2, -0.15) is 0 Å². The topological polar surface area (TPSA) is 24.9 Å². The van der Waals surface area contributed by atoms with Gasteiger partial charge in [0.25, 0.3) is 0 Å². The number of anilines is 1. The van der Waals surface area contributed by atoms with Crippen LogP contribution in [0.1, 0.15) is 20.8 Å². The summed E-state index contributed by atoms with van der Waals surface area (Å²) in [5.74, 6) is 0. The van der Waals surface area contributed by atoms with Crippen LogP contribution in [0.5, 0.6) is 0 Å². The van der Waals surface area contributed by atoms with E-state index in [-0.39, 0.29) is 5.54 Å². The van der Waals surface area contributed by atoms with E-state index in [4.69, 9.17) is 0 Å². The number of thiazole rings is 1. The van der Waals surface area contributed by atoms with Crippen LogP contribution in [-0.4, -0.2) is 10.5 Å². The lowest BCUT2D eigenvalue weighted by molar-refractivity contribution is 0.633. The third-order valence-electron chi connectivity index (χ3n) is 2.76. The van der Waals surface area contributed by atoms with E-state index < -0.39 is 0 Å². The first-order valence-corrected chi connectivity index (χ1v) is 6.91. The predicted octanol–water partition coefficient (Wildman–Crippen LogP) is 4.66. The molecule has 0 saturated carbocycles. The molecule has 0 aliphatic rings. The molecule has 1 aromatic heterocycles. The van der Waals surface area contributed by atoms with Crippen molar-refractivity contribution in [1.29, 1.82) is 0 Å². The van der Waals surface area contributed by atoms with Crippen LogP contribution in [-0.2, 0) is 0 Å². The van der Waals surface area contributed by atoms with Crippen molar-refractivity contribution in [2.24, 2.45) is 0 Å². The minimum Gasteiger partial charge on any atom is -0.357 e. The average molecular weight is 256 g/mol. The molecule has 2 nitrogen and oxygen atoms in total. The SMILES string of the molecule is CC(C)(C)Nc1nc2ccc3ccccc3c2s1. The second-order valence-corrected chi connectivity index (χ2v) is 6.53. The van der Waals surface area contributed by atoms with Gasteiger partial charge in [0.05, 0.1) is 10.2 Å². The molecule has 0 aliphatic heterocycles. The van der Waals surface area contributed by atoms with Crippen molar-refractivity contribution in [3.05, 3.63) is 36.4 Å². The monoisotopic (exact) mass is 256 g/mol. The van der Waals surface area contributed by atoms with E-state index >= 15 is 0 Å².